The summed E-state index contributed by atoms with van der Waals surface area (Å²) in [5.74, 6) is 1.09. The van der Waals surface area contributed by atoms with E-state index in [0.29, 0.717) is 0 Å². The molecule has 3 aromatic rings. The van der Waals surface area contributed by atoms with Crippen LogP contribution in [0.4, 0.5) is 5.69 Å². The minimum atomic E-state index is 0.0195. The van der Waals surface area contributed by atoms with Gasteiger partial charge in [-0.1, -0.05) is 25.1 Å². The fourth-order valence-corrected chi connectivity index (χ4v) is 4.57. The molecule has 0 amide bonds. The van der Waals surface area contributed by atoms with Gasteiger partial charge in [0.2, 0.25) is 0 Å². The molecular formula is C20H21N3OS. The normalized spacial score (nSPS) is 17.3. The summed E-state index contributed by atoms with van der Waals surface area (Å²) in [5, 5.41) is 1.07. The molecule has 0 saturated carbocycles. The van der Waals surface area contributed by atoms with E-state index in [0.717, 1.165) is 47.4 Å². The average molecular weight is 351 g/mol. The quantitative estimate of drug-likeness (QED) is 0.504. The van der Waals surface area contributed by atoms with Gasteiger partial charge in [0.15, 0.2) is 5.78 Å². The number of Topliss-reactive ketones (excluding diaryl/α,β-unsaturated/α-hetero) is 1. The molecule has 1 atom stereocenters. The first-order valence-electron chi connectivity index (χ1n) is 8.70. The van der Waals surface area contributed by atoms with Crippen molar-refractivity contribution in [3.8, 4) is 0 Å². The summed E-state index contributed by atoms with van der Waals surface area (Å²) in [7, 11) is 0. The molecular weight excluding hydrogens is 330 g/mol. The molecule has 2 aromatic heterocycles. The third-order valence-corrected chi connectivity index (χ3v) is 5.86. The van der Waals surface area contributed by atoms with Crippen molar-refractivity contribution in [3.63, 3.8) is 0 Å². The van der Waals surface area contributed by atoms with Crippen molar-refractivity contribution in [1.29, 1.82) is 0 Å². The van der Waals surface area contributed by atoms with Gasteiger partial charge in [-0.3, -0.25) is 9.78 Å². The molecule has 1 fully saturated rings. The molecule has 1 aliphatic rings. The van der Waals surface area contributed by atoms with Crippen LogP contribution in [0.1, 0.15) is 23.7 Å². The van der Waals surface area contributed by atoms with Crippen molar-refractivity contribution in [2.24, 2.45) is 5.92 Å². The highest BCUT2D eigenvalue weighted by molar-refractivity contribution is 8.00. The lowest BCUT2D eigenvalue weighted by Crippen LogP contribution is -2.22. The number of pyridine rings is 1. The second kappa shape index (κ2) is 6.92. The number of para-hydroxylation sites is 1. The molecule has 0 aliphatic carbocycles. The zero-order valence-electron chi connectivity index (χ0n) is 14.3. The maximum absolute atomic E-state index is 13.2. The highest BCUT2D eigenvalue weighted by atomic mass is 32.2. The summed E-state index contributed by atoms with van der Waals surface area (Å²) in [4.78, 5) is 17.4. The maximum Gasteiger partial charge on any atom is 0.170 e. The molecule has 4 rings (SSSR count). The van der Waals surface area contributed by atoms with Gasteiger partial charge < -0.3 is 8.87 Å². The Morgan fingerprint density at radius 2 is 2.16 bits per heavy atom. The number of carbonyl (C=O) groups excluding carboxylic acids is 1. The summed E-state index contributed by atoms with van der Waals surface area (Å²) in [5.41, 5.74) is 3.08. The number of nitrogens with zero attached hydrogens (tertiary/aromatic N) is 3. The Hall–Kier alpha value is -2.27. The van der Waals surface area contributed by atoms with Gasteiger partial charge in [0, 0.05) is 47.7 Å². The highest BCUT2D eigenvalue weighted by Crippen LogP contribution is 2.34. The Balaban J connectivity index is 1.61. The van der Waals surface area contributed by atoms with Crippen molar-refractivity contribution in [1.82, 2.24) is 9.55 Å². The topological polar surface area (TPSA) is 38.1 Å². The van der Waals surface area contributed by atoms with E-state index in [2.05, 4.69) is 32.9 Å². The second-order valence-electron chi connectivity index (χ2n) is 6.38. The predicted molar refractivity (Wildman–Crippen MR) is 104 cm³/mol. The van der Waals surface area contributed by atoms with E-state index in [1.165, 1.54) is 0 Å². The summed E-state index contributed by atoms with van der Waals surface area (Å²) in [6, 6.07) is 12.2. The fourth-order valence-electron chi connectivity index (χ4n) is 3.41. The number of rotatable bonds is 5. The maximum atomic E-state index is 13.2. The van der Waals surface area contributed by atoms with Crippen LogP contribution < -0.4 is 4.31 Å². The number of aryl methyl sites for hydroxylation is 1. The summed E-state index contributed by atoms with van der Waals surface area (Å²) < 4.78 is 4.39. The van der Waals surface area contributed by atoms with Gasteiger partial charge in [0.05, 0.1) is 17.8 Å². The van der Waals surface area contributed by atoms with E-state index in [1.54, 1.807) is 18.1 Å². The molecule has 1 aromatic carbocycles. The van der Waals surface area contributed by atoms with E-state index in [-0.39, 0.29) is 11.7 Å². The summed E-state index contributed by atoms with van der Waals surface area (Å²) in [6.07, 6.45) is 6.73. The molecule has 128 valence electrons. The molecule has 4 nitrogen and oxygen atoms in total. The molecule has 0 spiro atoms. The minimum absolute atomic E-state index is 0.0195. The van der Waals surface area contributed by atoms with Crippen LogP contribution in [0.3, 0.4) is 0 Å². The number of fused-ring (bicyclic) bond motifs is 1. The number of anilines is 1. The SMILES string of the molecule is CCCn1cc(C(=O)C2CSN(c3cccnc3)C2)c2ccccc21. The van der Waals surface area contributed by atoms with Crippen LogP contribution in [-0.2, 0) is 6.54 Å². The van der Waals surface area contributed by atoms with Gasteiger partial charge in [-0.25, -0.2) is 0 Å². The van der Waals surface area contributed by atoms with Crippen molar-refractivity contribution in [2.45, 2.75) is 19.9 Å². The lowest BCUT2D eigenvalue weighted by atomic mass is 9.98. The van der Waals surface area contributed by atoms with Gasteiger partial charge in [-0.15, -0.1) is 0 Å². The first kappa shape index (κ1) is 16.2. The zero-order chi connectivity index (χ0) is 17.2. The Labute approximate surface area is 152 Å². The third kappa shape index (κ3) is 3.04. The Morgan fingerprint density at radius 1 is 1.28 bits per heavy atom. The Morgan fingerprint density at radius 3 is 2.96 bits per heavy atom. The van der Waals surface area contributed by atoms with Gasteiger partial charge in [-0.05, 0) is 36.6 Å². The molecule has 5 heteroatoms. The molecule has 1 aliphatic heterocycles. The van der Waals surface area contributed by atoms with Crippen molar-refractivity contribution in [3.05, 3.63) is 60.6 Å². The molecule has 0 N–H and O–H groups in total. The number of benzene rings is 1. The van der Waals surface area contributed by atoms with E-state index < -0.39 is 0 Å². The molecule has 0 bridgehead atoms. The number of carbonyl (C=O) groups is 1. The van der Waals surface area contributed by atoms with Crippen LogP contribution in [-0.4, -0.2) is 27.6 Å². The highest BCUT2D eigenvalue weighted by Gasteiger charge is 2.31. The van der Waals surface area contributed by atoms with Crippen molar-refractivity contribution in [2.75, 3.05) is 16.6 Å². The number of ketones is 1. The molecule has 3 heterocycles. The van der Waals surface area contributed by atoms with Crippen LogP contribution in [0, 0.1) is 5.92 Å². The zero-order valence-corrected chi connectivity index (χ0v) is 15.1. The number of aromatic nitrogens is 2. The third-order valence-electron chi connectivity index (χ3n) is 4.64. The van der Waals surface area contributed by atoms with Crippen molar-refractivity contribution < 1.29 is 4.79 Å². The standard InChI is InChI=1S/C20H21N3OS/c1-2-10-22-13-18(17-7-3-4-8-19(17)22)20(24)15-12-23(25-14-15)16-6-5-9-21-11-16/h3-9,11,13,15H,2,10,12,14H2,1H3. The predicted octanol–water partition coefficient (Wildman–Crippen LogP) is 4.41. The Bertz CT molecular complexity index is 890. The number of hydrogen-bond donors (Lipinski definition) is 0. The van der Waals surface area contributed by atoms with Gasteiger partial charge in [-0.2, -0.15) is 0 Å². The van der Waals surface area contributed by atoms with Crippen LogP contribution in [0.25, 0.3) is 10.9 Å². The van der Waals surface area contributed by atoms with Gasteiger partial charge >= 0.3 is 0 Å². The lowest BCUT2D eigenvalue weighted by molar-refractivity contribution is 0.0941. The van der Waals surface area contributed by atoms with Gasteiger partial charge in [0.25, 0.3) is 0 Å². The molecule has 1 saturated heterocycles. The van der Waals surface area contributed by atoms with Crippen LogP contribution >= 0.6 is 11.9 Å². The van der Waals surface area contributed by atoms with E-state index in [4.69, 9.17) is 0 Å². The average Bonchev–Trinajstić information content (AvgIpc) is 3.28. The van der Waals surface area contributed by atoms with Gasteiger partial charge in [0.1, 0.15) is 0 Å². The summed E-state index contributed by atoms with van der Waals surface area (Å²) in [6.45, 7) is 3.84. The lowest BCUT2D eigenvalue weighted by Gasteiger charge is -2.15. The number of hydrogen-bond acceptors (Lipinski definition) is 4. The molecule has 1 unspecified atom stereocenters. The molecule has 25 heavy (non-hydrogen) atoms. The van der Waals surface area contributed by atoms with E-state index >= 15 is 0 Å². The van der Waals surface area contributed by atoms with Crippen molar-refractivity contribution >= 4 is 34.3 Å². The molecule has 0 radical (unpaired) electrons. The van der Waals surface area contributed by atoms with Crippen LogP contribution in [0.15, 0.2) is 55.0 Å². The fraction of sp³-hybridized carbons (Fsp3) is 0.300. The Kier molecular flexibility index (Phi) is 4.49. The van der Waals surface area contributed by atoms with E-state index in [9.17, 15) is 4.79 Å². The van der Waals surface area contributed by atoms with Crippen LogP contribution in [0.5, 0.6) is 0 Å². The monoisotopic (exact) mass is 351 g/mol. The summed E-state index contributed by atoms with van der Waals surface area (Å²) >= 11 is 1.71. The largest absolute Gasteiger partial charge is 0.347 e. The smallest absolute Gasteiger partial charge is 0.170 e. The van der Waals surface area contributed by atoms with E-state index in [1.807, 2.05) is 36.7 Å². The minimum Gasteiger partial charge on any atom is -0.347 e. The van der Waals surface area contributed by atoms with Crippen LogP contribution in [0.2, 0.25) is 0 Å². The second-order valence-corrected chi connectivity index (χ2v) is 7.41. The first-order valence-corrected chi connectivity index (χ1v) is 9.64. The first-order chi connectivity index (χ1) is 12.3.